The molecule has 3 aromatic rings. The molecule has 0 saturated heterocycles. The van der Waals surface area contributed by atoms with Crippen molar-refractivity contribution in [2.45, 2.75) is 6.92 Å². The maximum absolute atomic E-state index is 12.3. The standard InChI is InChI=1S/C21H17NO3/c1-14-11-12-16(22-20(23)15-7-3-2-4-8-15)13-19(14)17-9-5-6-10-18(17)21(24)25/h2-13H,1H3,(H,22,23)(H,24,25). The summed E-state index contributed by atoms with van der Waals surface area (Å²) in [7, 11) is 0. The lowest BCUT2D eigenvalue weighted by Gasteiger charge is -2.12. The highest BCUT2D eigenvalue weighted by atomic mass is 16.4. The Hall–Kier alpha value is -3.40. The number of rotatable bonds is 4. The van der Waals surface area contributed by atoms with Gasteiger partial charge in [-0.3, -0.25) is 4.79 Å². The highest BCUT2D eigenvalue weighted by Crippen LogP contribution is 2.29. The molecule has 124 valence electrons. The summed E-state index contributed by atoms with van der Waals surface area (Å²) in [6.07, 6.45) is 0. The van der Waals surface area contributed by atoms with Gasteiger partial charge in [0.05, 0.1) is 5.56 Å². The van der Waals surface area contributed by atoms with Crippen LogP contribution in [0.5, 0.6) is 0 Å². The van der Waals surface area contributed by atoms with E-state index in [1.807, 2.05) is 25.1 Å². The van der Waals surface area contributed by atoms with E-state index in [1.165, 1.54) is 0 Å². The minimum atomic E-state index is -0.978. The monoisotopic (exact) mass is 331 g/mol. The molecule has 1 amide bonds. The van der Waals surface area contributed by atoms with Crippen LogP contribution in [0.3, 0.4) is 0 Å². The first-order valence-corrected chi connectivity index (χ1v) is 7.86. The predicted molar refractivity (Wildman–Crippen MR) is 98.0 cm³/mol. The zero-order valence-corrected chi connectivity index (χ0v) is 13.7. The van der Waals surface area contributed by atoms with E-state index in [0.29, 0.717) is 16.8 Å². The van der Waals surface area contributed by atoms with Crippen LogP contribution in [0.2, 0.25) is 0 Å². The Morgan fingerprint density at radius 2 is 1.52 bits per heavy atom. The summed E-state index contributed by atoms with van der Waals surface area (Å²) >= 11 is 0. The Balaban J connectivity index is 1.97. The number of carboxylic acid groups (broad SMARTS) is 1. The van der Waals surface area contributed by atoms with Crippen molar-refractivity contribution in [2.75, 3.05) is 5.32 Å². The third kappa shape index (κ3) is 3.58. The van der Waals surface area contributed by atoms with Crippen molar-refractivity contribution in [3.05, 3.63) is 89.5 Å². The van der Waals surface area contributed by atoms with E-state index in [4.69, 9.17) is 0 Å². The Morgan fingerprint density at radius 3 is 2.24 bits per heavy atom. The summed E-state index contributed by atoms with van der Waals surface area (Å²) in [6, 6.07) is 21.3. The zero-order valence-electron chi connectivity index (χ0n) is 13.7. The zero-order chi connectivity index (χ0) is 17.8. The van der Waals surface area contributed by atoms with Crippen molar-refractivity contribution in [3.63, 3.8) is 0 Å². The number of aromatic carboxylic acids is 1. The Bertz CT molecular complexity index is 933. The van der Waals surface area contributed by atoms with Gasteiger partial charge in [-0.25, -0.2) is 4.79 Å². The van der Waals surface area contributed by atoms with Gasteiger partial charge in [-0.1, -0.05) is 42.5 Å². The van der Waals surface area contributed by atoms with Gasteiger partial charge in [0, 0.05) is 11.3 Å². The Morgan fingerprint density at radius 1 is 0.840 bits per heavy atom. The van der Waals surface area contributed by atoms with Crippen LogP contribution in [0.4, 0.5) is 5.69 Å². The molecule has 0 unspecified atom stereocenters. The molecule has 0 saturated carbocycles. The second kappa shape index (κ2) is 7.01. The largest absolute Gasteiger partial charge is 0.478 e. The molecule has 0 heterocycles. The van der Waals surface area contributed by atoms with E-state index in [-0.39, 0.29) is 11.5 Å². The highest BCUT2D eigenvalue weighted by molar-refractivity contribution is 6.05. The van der Waals surface area contributed by atoms with Gasteiger partial charge >= 0.3 is 5.97 Å². The lowest BCUT2D eigenvalue weighted by atomic mass is 9.95. The number of anilines is 1. The van der Waals surface area contributed by atoms with E-state index in [2.05, 4.69) is 5.32 Å². The van der Waals surface area contributed by atoms with Crippen molar-refractivity contribution in [1.82, 2.24) is 0 Å². The van der Waals surface area contributed by atoms with Crippen molar-refractivity contribution in [1.29, 1.82) is 0 Å². The molecule has 0 aliphatic rings. The Labute approximate surface area is 145 Å². The van der Waals surface area contributed by atoms with Crippen LogP contribution in [0.25, 0.3) is 11.1 Å². The fourth-order valence-corrected chi connectivity index (χ4v) is 2.69. The molecule has 0 spiro atoms. The first-order valence-electron chi connectivity index (χ1n) is 7.86. The molecule has 0 bridgehead atoms. The normalized spacial score (nSPS) is 10.3. The van der Waals surface area contributed by atoms with Crippen LogP contribution in [0.15, 0.2) is 72.8 Å². The molecule has 0 aliphatic heterocycles. The van der Waals surface area contributed by atoms with Crippen LogP contribution in [0, 0.1) is 6.92 Å². The molecule has 25 heavy (non-hydrogen) atoms. The Kier molecular flexibility index (Phi) is 4.61. The second-order valence-corrected chi connectivity index (χ2v) is 5.70. The van der Waals surface area contributed by atoms with Gasteiger partial charge < -0.3 is 10.4 Å². The van der Waals surface area contributed by atoms with Crippen LogP contribution in [-0.4, -0.2) is 17.0 Å². The van der Waals surface area contributed by atoms with Crippen molar-refractivity contribution in [3.8, 4) is 11.1 Å². The second-order valence-electron chi connectivity index (χ2n) is 5.70. The fourth-order valence-electron chi connectivity index (χ4n) is 2.69. The van der Waals surface area contributed by atoms with Gasteiger partial charge in [0.15, 0.2) is 0 Å². The lowest BCUT2D eigenvalue weighted by molar-refractivity contribution is 0.0697. The summed E-state index contributed by atoms with van der Waals surface area (Å²) in [5.41, 5.74) is 3.76. The van der Waals surface area contributed by atoms with Crippen LogP contribution >= 0.6 is 0 Å². The van der Waals surface area contributed by atoms with E-state index in [1.54, 1.807) is 54.6 Å². The number of nitrogens with one attached hydrogen (secondary N) is 1. The number of hydrogen-bond donors (Lipinski definition) is 2. The summed E-state index contributed by atoms with van der Waals surface area (Å²) in [5, 5.41) is 12.3. The van der Waals surface area contributed by atoms with Crippen LogP contribution < -0.4 is 5.32 Å². The maximum Gasteiger partial charge on any atom is 0.336 e. The molecule has 3 rings (SSSR count). The van der Waals surface area contributed by atoms with Crippen molar-refractivity contribution < 1.29 is 14.7 Å². The average Bonchev–Trinajstić information content (AvgIpc) is 2.64. The van der Waals surface area contributed by atoms with E-state index >= 15 is 0 Å². The van der Waals surface area contributed by atoms with E-state index in [9.17, 15) is 14.7 Å². The minimum Gasteiger partial charge on any atom is -0.478 e. The summed E-state index contributed by atoms with van der Waals surface area (Å²) < 4.78 is 0. The fraction of sp³-hybridized carbons (Fsp3) is 0.0476. The minimum absolute atomic E-state index is 0.207. The van der Waals surface area contributed by atoms with Crippen molar-refractivity contribution >= 4 is 17.6 Å². The van der Waals surface area contributed by atoms with Gasteiger partial charge in [0.2, 0.25) is 0 Å². The number of carbonyl (C=O) groups is 2. The number of aryl methyl sites for hydroxylation is 1. The van der Waals surface area contributed by atoms with E-state index in [0.717, 1.165) is 11.1 Å². The number of carbonyl (C=O) groups excluding carboxylic acids is 1. The topological polar surface area (TPSA) is 66.4 Å². The third-order valence-electron chi connectivity index (χ3n) is 3.98. The molecular formula is C21H17NO3. The maximum atomic E-state index is 12.3. The molecule has 0 atom stereocenters. The number of benzene rings is 3. The molecule has 3 aromatic carbocycles. The SMILES string of the molecule is Cc1ccc(NC(=O)c2ccccc2)cc1-c1ccccc1C(=O)O. The van der Waals surface area contributed by atoms with Gasteiger partial charge in [0.25, 0.3) is 5.91 Å². The average molecular weight is 331 g/mol. The molecule has 4 heteroatoms. The quantitative estimate of drug-likeness (QED) is 0.733. The molecule has 2 N–H and O–H groups in total. The third-order valence-corrected chi connectivity index (χ3v) is 3.98. The number of amides is 1. The summed E-state index contributed by atoms with van der Waals surface area (Å²) in [4.78, 5) is 23.8. The summed E-state index contributed by atoms with van der Waals surface area (Å²) in [6.45, 7) is 1.91. The molecular weight excluding hydrogens is 314 g/mol. The lowest BCUT2D eigenvalue weighted by Crippen LogP contribution is -2.11. The van der Waals surface area contributed by atoms with Gasteiger partial charge in [-0.05, 0) is 53.9 Å². The molecule has 0 radical (unpaired) electrons. The molecule has 0 aromatic heterocycles. The van der Waals surface area contributed by atoms with E-state index < -0.39 is 5.97 Å². The molecule has 0 aliphatic carbocycles. The van der Waals surface area contributed by atoms with Gasteiger partial charge in [-0.15, -0.1) is 0 Å². The molecule has 0 fully saturated rings. The van der Waals surface area contributed by atoms with Crippen LogP contribution in [-0.2, 0) is 0 Å². The number of carboxylic acids is 1. The van der Waals surface area contributed by atoms with Gasteiger partial charge in [0.1, 0.15) is 0 Å². The van der Waals surface area contributed by atoms with Crippen LogP contribution in [0.1, 0.15) is 26.3 Å². The molecule has 4 nitrogen and oxygen atoms in total. The first-order chi connectivity index (χ1) is 12.1. The van der Waals surface area contributed by atoms with Crippen molar-refractivity contribution in [2.24, 2.45) is 0 Å². The highest BCUT2D eigenvalue weighted by Gasteiger charge is 2.14. The number of hydrogen-bond acceptors (Lipinski definition) is 2. The summed E-state index contributed by atoms with van der Waals surface area (Å²) in [5.74, 6) is -1.18. The smallest absolute Gasteiger partial charge is 0.336 e. The first kappa shape index (κ1) is 16.5. The van der Waals surface area contributed by atoms with Gasteiger partial charge in [-0.2, -0.15) is 0 Å². The predicted octanol–water partition coefficient (Wildman–Crippen LogP) is 4.61.